The van der Waals surface area contributed by atoms with Gasteiger partial charge < -0.3 is 10.6 Å². The zero-order valence-electron chi connectivity index (χ0n) is 9.41. The molecule has 3 nitrogen and oxygen atoms in total. The predicted octanol–water partition coefficient (Wildman–Crippen LogP) is 2.13. The summed E-state index contributed by atoms with van der Waals surface area (Å²) in [6, 6.07) is 7.50. The first-order valence-corrected chi connectivity index (χ1v) is 5.89. The van der Waals surface area contributed by atoms with Crippen LogP contribution in [0.2, 0.25) is 5.02 Å². The molecule has 0 spiro atoms. The first-order chi connectivity index (χ1) is 7.75. The number of hydrogen-bond donors (Lipinski definition) is 2. The van der Waals surface area contributed by atoms with Crippen molar-refractivity contribution in [2.45, 2.75) is 25.4 Å². The molecule has 1 aromatic carbocycles. The molecule has 1 aliphatic heterocycles. The minimum Gasteiger partial charge on any atom is -0.351 e. The summed E-state index contributed by atoms with van der Waals surface area (Å²) in [5.74, 6) is 0.0902. The Bertz CT molecular complexity index is 361. The highest BCUT2D eigenvalue weighted by Gasteiger charge is 2.21. The third kappa shape index (κ3) is 4.19. The number of carbonyl (C=O) groups excluding carboxylic acids is 1. The Balaban J connectivity index is 0.00000144. The van der Waals surface area contributed by atoms with Crippen LogP contribution in [0.5, 0.6) is 0 Å². The zero-order chi connectivity index (χ0) is 11.4. The van der Waals surface area contributed by atoms with Gasteiger partial charge in [0.05, 0.1) is 6.04 Å². The molecule has 1 aromatic rings. The van der Waals surface area contributed by atoms with E-state index in [-0.39, 0.29) is 24.4 Å². The summed E-state index contributed by atoms with van der Waals surface area (Å²) in [5, 5.41) is 6.80. The summed E-state index contributed by atoms with van der Waals surface area (Å²) in [4.78, 5) is 11.7. The van der Waals surface area contributed by atoms with Crippen LogP contribution in [0.3, 0.4) is 0 Å². The molecule has 1 fully saturated rings. The van der Waals surface area contributed by atoms with Gasteiger partial charge in [0.1, 0.15) is 0 Å². The lowest BCUT2D eigenvalue weighted by atomic mass is 10.2. The monoisotopic (exact) mass is 274 g/mol. The predicted molar refractivity (Wildman–Crippen MR) is 71.6 cm³/mol. The maximum atomic E-state index is 11.7. The number of hydrogen-bond acceptors (Lipinski definition) is 2. The van der Waals surface area contributed by atoms with Crippen LogP contribution in [0.4, 0.5) is 0 Å². The van der Waals surface area contributed by atoms with E-state index in [0.29, 0.717) is 11.6 Å². The van der Waals surface area contributed by atoms with Crippen LogP contribution < -0.4 is 10.6 Å². The van der Waals surface area contributed by atoms with Crippen LogP contribution in [-0.2, 0) is 11.3 Å². The number of amides is 1. The van der Waals surface area contributed by atoms with Gasteiger partial charge in [0, 0.05) is 11.6 Å². The van der Waals surface area contributed by atoms with Gasteiger partial charge in [0.2, 0.25) is 5.91 Å². The van der Waals surface area contributed by atoms with Gasteiger partial charge in [-0.3, -0.25) is 4.79 Å². The van der Waals surface area contributed by atoms with E-state index in [0.717, 1.165) is 24.9 Å². The van der Waals surface area contributed by atoms with Gasteiger partial charge in [-0.25, -0.2) is 0 Å². The van der Waals surface area contributed by atoms with E-state index < -0.39 is 0 Å². The van der Waals surface area contributed by atoms with Crippen LogP contribution in [0.1, 0.15) is 18.4 Å². The molecule has 1 heterocycles. The van der Waals surface area contributed by atoms with Crippen molar-refractivity contribution >= 4 is 29.9 Å². The molecular weight excluding hydrogens is 259 g/mol. The summed E-state index contributed by atoms with van der Waals surface area (Å²) < 4.78 is 0. The Morgan fingerprint density at radius 2 is 2.12 bits per heavy atom. The Morgan fingerprint density at radius 1 is 1.41 bits per heavy atom. The van der Waals surface area contributed by atoms with Gasteiger partial charge in [-0.05, 0) is 37.1 Å². The Kier molecular flexibility index (Phi) is 5.75. The standard InChI is InChI=1S/C12H15ClN2O.ClH/c13-10-5-3-9(4-6-10)8-15-12(16)11-2-1-7-14-11;/h3-6,11,14H,1-2,7-8H2,(H,15,16);1H/t11-;/m0./s1. The van der Waals surface area contributed by atoms with E-state index in [4.69, 9.17) is 11.6 Å². The fourth-order valence-electron chi connectivity index (χ4n) is 1.82. The molecule has 1 amide bonds. The summed E-state index contributed by atoms with van der Waals surface area (Å²) in [7, 11) is 0. The molecule has 5 heteroatoms. The van der Waals surface area contributed by atoms with E-state index in [1.54, 1.807) is 0 Å². The van der Waals surface area contributed by atoms with Crippen LogP contribution in [-0.4, -0.2) is 18.5 Å². The first-order valence-electron chi connectivity index (χ1n) is 5.51. The molecule has 1 atom stereocenters. The molecule has 0 aromatic heterocycles. The Labute approximate surface area is 112 Å². The first kappa shape index (κ1) is 14.3. The highest BCUT2D eigenvalue weighted by Crippen LogP contribution is 2.09. The van der Waals surface area contributed by atoms with Gasteiger partial charge >= 0.3 is 0 Å². The largest absolute Gasteiger partial charge is 0.351 e. The second kappa shape index (κ2) is 6.84. The molecule has 2 rings (SSSR count). The molecule has 1 aliphatic rings. The van der Waals surface area contributed by atoms with Gasteiger partial charge in [0.25, 0.3) is 0 Å². The average molecular weight is 275 g/mol. The number of rotatable bonds is 3. The summed E-state index contributed by atoms with van der Waals surface area (Å²) in [6.45, 7) is 1.51. The molecule has 0 saturated carbocycles. The fraction of sp³-hybridized carbons (Fsp3) is 0.417. The molecule has 0 bridgehead atoms. The molecular formula is C12H16Cl2N2O. The van der Waals surface area contributed by atoms with E-state index in [1.165, 1.54) is 0 Å². The second-order valence-electron chi connectivity index (χ2n) is 3.99. The Morgan fingerprint density at radius 3 is 2.71 bits per heavy atom. The van der Waals surface area contributed by atoms with E-state index in [2.05, 4.69) is 10.6 Å². The van der Waals surface area contributed by atoms with Crippen LogP contribution >= 0.6 is 24.0 Å². The molecule has 0 unspecified atom stereocenters. The SMILES string of the molecule is Cl.O=C(NCc1ccc(Cl)cc1)[C@@H]1CCCN1. The fourth-order valence-corrected chi connectivity index (χ4v) is 1.95. The molecule has 94 valence electrons. The highest BCUT2D eigenvalue weighted by atomic mass is 35.5. The number of halogens is 2. The maximum Gasteiger partial charge on any atom is 0.237 e. The van der Waals surface area contributed by atoms with Crippen molar-refractivity contribution in [2.24, 2.45) is 0 Å². The molecule has 0 radical (unpaired) electrons. The van der Waals surface area contributed by atoms with Crippen LogP contribution in [0.15, 0.2) is 24.3 Å². The lowest BCUT2D eigenvalue weighted by Crippen LogP contribution is -2.39. The molecule has 0 aliphatic carbocycles. The van der Waals surface area contributed by atoms with E-state index in [9.17, 15) is 4.79 Å². The zero-order valence-corrected chi connectivity index (χ0v) is 11.0. The lowest BCUT2D eigenvalue weighted by Gasteiger charge is -2.10. The minimum atomic E-state index is -0.00713. The van der Waals surface area contributed by atoms with Crippen LogP contribution in [0.25, 0.3) is 0 Å². The average Bonchev–Trinajstić information content (AvgIpc) is 2.81. The summed E-state index contributed by atoms with van der Waals surface area (Å²) in [5.41, 5.74) is 1.07. The van der Waals surface area contributed by atoms with Crippen LogP contribution in [0, 0.1) is 0 Å². The third-order valence-electron chi connectivity index (χ3n) is 2.76. The van der Waals surface area contributed by atoms with Gasteiger partial charge in [-0.1, -0.05) is 23.7 Å². The minimum absolute atomic E-state index is 0. The smallest absolute Gasteiger partial charge is 0.237 e. The topological polar surface area (TPSA) is 41.1 Å². The lowest BCUT2D eigenvalue weighted by molar-refractivity contribution is -0.122. The third-order valence-corrected chi connectivity index (χ3v) is 3.01. The van der Waals surface area contributed by atoms with Crippen molar-refractivity contribution in [3.8, 4) is 0 Å². The highest BCUT2D eigenvalue weighted by molar-refractivity contribution is 6.30. The normalized spacial score (nSPS) is 18.5. The van der Waals surface area contributed by atoms with Gasteiger partial charge in [-0.2, -0.15) is 0 Å². The summed E-state index contributed by atoms with van der Waals surface area (Å²) >= 11 is 5.78. The summed E-state index contributed by atoms with van der Waals surface area (Å²) in [6.07, 6.45) is 2.02. The van der Waals surface area contributed by atoms with Crippen molar-refractivity contribution in [3.63, 3.8) is 0 Å². The van der Waals surface area contributed by atoms with E-state index >= 15 is 0 Å². The van der Waals surface area contributed by atoms with Gasteiger partial charge in [-0.15, -0.1) is 12.4 Å². The number of benzene rings is 1. The maximum absolute atomic E-state index is 11.7. The van der Waals surface area contributed by atoms with Crippen molar-refractivity contribution < 1.29 is 4.79 Å². The quantitative estimate of drug-likeness (QED) is 0.887. The van der Waals surface area contributed by atoms with Crippen molar-refractivity contribution in [1.29, 1.82) is 0 Å². The Hall–Kier alpha value is -0.770. The second-order valence-corrected chi connectivity index (χ2v) is 4.43. The van der Waals surface area contributed by atoms with Crippen molar-refractivity contribution in [3.05, 3.63) is 34.9 Å². The molecule has 1 saturated heterocycles. The molecule has 2 N–H and O–H groups in total. The molecule has 17 heavy (non-hydrogen) atoms. The van der Waals surface area contributed by atoms with Crippen molar-refractivity contribution in [1.82, 2.24) is 10.6 Å². The number of carbonyl (C=O) groups is 1. The van der Waals surface area contributed by atoms with Crippen molar-refractivity contribution in [2.75, 3.05) is 6.54 Å². The van der Waals surface area contributed by atoms with Gasteiger partial charge in [0.15, 0.2) is 0 Å². The number of nitrogens with one attached hydrogen (secondary N) is 2. The van der Waals surface area contributed by atoms with E-state index in [1.807, 2.05) is 24.3 Å².